The van der Waals surface area contributed by atoms with Crippen molar-refractivity contribution in [3.8, 4) is 6.07 Å². The van der Waals surface area contributed by atoms with Crippen molar-refractivity contribution in [2.45, 2.75) is 37.0 Å². The number of carbonyl (C=O) groups excluding carboxylic acids is 1. The van der Waals surface area contributed by atoms with Crippen molar-refractivity contribution in [1.29, 1.82) is 5.26 Å². The molecule has 1 saturated heterocycles. The number of aryl methyl sites for hydroxylation is 2. The number of hydrogen-bond donors (Lipinski definition) is 1. The van der Waals surface area contributed by atoms with E-state index in [-0.39, 0.29) is 5.91 Å². The quantitative estimate of drug-likeness (QED) is 0.718. The van der Waals surface area contributed by atoms with Gasteiger partial charge in [0.15, 0.2) is 0 Å². The first-order valence-electron chi connectivity index (χ1n) is 10.6. The van der Waals surface area contributed by atoms with Crippen molar-refractivity contribution >= 4 is 32.3 Å². The number of anilines is 1. The average molecular weight is 459 g/mol. The highest BCUT2D eigenvalue weighted by Crippen LogP contribution is 2.26. The van der Waals surface area contributed by atoms with Gasteiger partial charge < -0.3 is 10.2 Å². The molecule has 0 bridgehead atoms. The summed E-state index contributed by atoms with van der Waals surface area (Å²) in [5.74, 6) is -0.136. The lowest BCUT2D eigenvalue weighted by atomic mass is 9.92. The van der Waals surface area contributed by atoms with Crippen LogP contribution in [-0.2, 0) is 27.7 Å². The van der Waals surface area contributed by atoms with Gasteiger partial charge in [0.05, 0.1) is 10.5 Å². The number of benzene rings is 1. The maximum atomic E-state index is 13.1. The van der Waals surface area contributed by atoms with Crippen molar-refractivity contribution in [2.75, 3.05) is 38.0 Å². The van der Waals surface area contributed by atoms with Crippen LogP contribution in [0.4, 0.5) is 5.00 Å². The minimum absolute atomic E-state index is 0.136. The molecule has 164 valence electrons. The van der Waals surface area contributed by atoms with Crippen LogP contribution in [0.15, 0.2) is 34.5 Å². The van der Waals surface area contributed by atoms with E-state index in [0.29, 0.717) is 54.6 Å². The molecule has 1 fully saturated rings. The summed E-state index contributed by atoms with van der Waals surface area (Å²) in [6.07, 6.45) is 4.58. The SMILES string of the molecule is N#Cc1ccsc1NC(=O)CCN1CCN(S(=O)(=O)c2ccc3c(c2)CCCC3)CC1. The van der Waals surface area contributed by atoms with Gasteiger partial charge in [0, 0.05) is 39.1 Å². The van der Waals surface area contributed by atoms with Gasteiger partial charge in [-0.05, 0) is 60.4 Å². The number of sulfonamides is 1. The van der Waals surface area contributed by atoms with Crippen LogP contribution in [0.3, 0.4) is 0 Å². The van der Waals surface area contributed by atoms with Crippen molar-refractivity contribution in [1.82, 2.24) is 9.21 Å². The Morgan fingerprint density at radius 2 is 1.84 bits per heavy atom. The zero-order valence-electron chi connectivity index (χ0n) is 17.3. The summed E-state index contributed by atoms with van der Waals surface area (Å²) in [7, 11) is -3.49. The highest BCUT2D eigenvalue weighted by atomic mass is 32.2. The maximum absolute atomic E-state index is 13.1. The van der Waals surface area contributed by atoms with Crippen molar-refractivity contribution in [3.05, 3.63) is 46.3 Å². The third-order valence-corrected chi connectivity index (χ3v) is 8.71. The van der Waals surface area contributed by atoms with Crippen LogP contribution in [0.2, 0.25) is 0 Å². The Bertz CT molecular complexity index is 1100. The first kappa shape index (κ1) is 22.0. The Labute approximate surface area is 187 Å². The number of carbonyl (C=O) groups is 1. The van der Waals surface area contributed by atoms with Crippen LogP contribution < -0.4 is 5.32 Å². The minimum Gasteiger partial charge on any atom is -0.317 e. The second kappa shape index (κ2) is 9.49. The second-order valence-corrected chi connectivity index (χ2v) is 10.8. The van der Waals surface area contributed by atoms with Gasteiger partial charge >= 0.3 is 0 Å². The fourth-order valence-corrected chi connectivity index (χ4v) is 6.38. The van der Waals surface area contributed by atoms with Crippen LogP contribution in [0.25, 0.3) is 0 Å². The minimum atomic E-state index is -3.49. The van der Waals surface area contributed by atoms with Gasteiger partial charge in [-0.15, -0.1) is 11.3 Å². The number of nitriles is 1. The molecule has 4 rings (SSSR count). The third-order valence-electron chi connectivity index (χ3n) is 5.98. The van der Waals surface area contributed by atoms with Crippen molar-refractivity contribution < 1.29 is 13.2 Å². The van der Waals surface area contributed by atoms with E-state index < -0.39 is 10.0 Å². The standard InChI is InChI=1S/C22H26N4O3S2/c23-16-19-8-14-30-22(19)24-21(27)7-9-25-10-12-26(13-11-25)31(28,29)20-6-5-17-3-1-2-4-18(17)15-20/h5-6,8,14-15H,1-4,7,9-13H2,(H,24,27). The van der Waals surface area contributed by atoms with Gasteiger partial charge in [-0.3, -0.25) is 4.79 Å². The van der Waals surface area contributed by atoms with Gasteiger partial charge in [0.2, 0.25) is 15.9 Å². The predicted octanol–water partition coefficient (Wildman–Crippen LogP) is 2.83. The smallest absolute Gasteiger partial charge is 0.243 e. The molecule has 1 aromatic heterocycles. The van der Waals surface area contributed by atoms with Crippen LogP contribution in [-0.4, -0.2) is 56.3 Å². The molecule has 1 aliphatic carbocycles. The maximum Gasteiger partial charge on any atom is 0.243 e. The molecular formula is C22H26N4O3S2. The van der Waals surface area contributed by atoms with E-state index in [9.17, 15) is 13.2 Å². The summed E-state index contributed by atoms with van der Waals surface area (Å²) in [6.45, 7) is 2.60. The molecule has 0 saturated carbocycles. The highest BCUT2D eigenvalue weighted by molar-refractivity contribution is 7.89. The van der Waals surface area contributed by atoms with E-state index in [1.54, 1.807) is 21.8 Å². The number of nitrogens with one attached hydrogen (secondary N) is 1. The Balaban J connectivity index is 1.29. The number of fused-ring (bicyclic) bond motifs is 1. The monoisotopic (exact) mass is 458 g/mol. The van der Waals surface area contributed by atoms with E-state index >= 15 is 0 Å². The topological polar surface area (TPSA) is 93.5 Å². The van der Waals surface area contributed by atoms with Gasteiger partial charge in [-0.2, -0.15) is 9.57 Å². The van der Waals surface area contributed by atoms with Gasteiger partial charge in [0.1, 0.15) is 11.1 Å². The number of thiophene rings is 1. The predicted molar refractivity (Wildman–Crippen MR) is 121 cm³/mol. The van der Waals surface area contributed by atoms with Crippen LogP contribution in [0, 0.1) is 11.3 Å². The molecule has 1 aromatic carbocycles. The first-order valence-corrected chi connectivity index (χ1v) is 12.9. The van der Waals surface area contributed by atoms with Crippen LogP contribution >= 0.6 is 11.3 Å². The number of piperazine rings is 1. The molecule has 1 aliphatic heterocycles. The normalized spacial score (nSPS) is 17.6. The summed E-state index contributed by atoms with van der Waals surface area (Å²) in [5.41, 5.74) is 2.92. The summed E-state index contributed by atoms with van der Waals surface area (Å²) in [4.78, 5) is 14.7. The number of hydrogen-bond acceptors (Lipinski definition) is 6. The third kappa shape index (κ3) is 4.99. The number of amides is 1. The fraction of sp³-hybridized carbons (Fsp3) is 0.455. The first-order chi connectivity index (χ1) is 15.0. The highest BCUT2D eigenvalue weighted by Gasteiger charge is 2.29. The van der Waals surface area contributed by atoms with E-state index in [1.807, 2.05) is 12.1 Å². The zero-order valence-corrected chi connectivity index (χ0v) is 19.0. The molecule has 0 radical (unpaired) electrons. The molecule has 31 heavy (non-hydrogen) atoms. The summed E-state index contributed by atoms with van der Waals surface area (Å²) >= 11 is 1.33. The second-order valence-electron chi connectivity index (χ2n) is 7.96. The van der Waals surface area contributed by atoms with Gasteiger partial charge in [-0.25, -0.2) is 8.42 Å². The molecule has 1 N–H and O–H groups in total. The van der Waals surface area contributed by atoms with E-state index in [0.717, 1.165) is 19.3 Å². The van der Waals surface area contributed by atoms with E-state index in [1.165, 1.54) is 28.9 Å². The number of nitrogens with zero attached hydrogens (tertiary/aromatic N) is 3. The lowest BCUT2D eigenvalue weighted by molar-refractivity contribution is -0.116. The molecule has 0 atom stereocenters. The summed E-state index contributed by atoms with van der Waals surface area (Å²) in [5, 5.41) is 14.2. The lowest BCUT2D eigenvalue weighted by Gasteiger charge is -2.34. The average Bonchev–Trinajstić information content (AvgIpc) is 3.24. The molecule has 0 unspecified atom stereocenters. The van der Waals surface area contributed by atoms with Crippen molar-refractivity contribution in [2.24, 2.45) is 0 Å². The zero-order chi connectivity index (χ0) is 21.8. The molecule has 1 amide bonds. The van der Waals surface area contributed by atoms with Gasteiger partial charge in [-0.1, -0.05) is 6.07 Å². The molecule has 7 nitrogen and oxygen atoms in total. The fourth-order valence-electron chi connectivity index (χ4n) is 4.16. The van der Waals surface area contributed by atoms with Gasteiger partial charge in [0.25, 0.3) is 0 Å². The Morgan fingerprint density at radius 3 is 2.58 bits per heavy atom. The van der Waals surface area contributed by atoms with Crippen molar-refractivity contribution in [3.63, 3.8) is 0 Å². The molecule has 2 heterocycles. The summed E-state index contributed by atoms with van der Waals surface area (Å²) < 4.78 is 27.8. The van der Waals surface area contributed by atoms with Crippen LogP contribution in [0.5, 0.6) is 0 Å². The Morgan fingerprint density at radius 1 is 1.10 bits per heavy atom. The van der Waals surface area contributed by atoms with E-state index in [2.05, 4.69) is 16.3 Å². The lowest BCUT2D eigenvalue weighted by Crippen LogP contribution is -2.49. The summed E-state index contributed by atoms with van der Waals surface area (Å²) in [6, 6.07) is 9.32. The molecular weight excluding hydrogens is 432 g/mol. The Hall–Kier alpha value is -2.25. The molecule has 2 aliphatic rings. The number of rotatable bonds is 6. The largest absolute Gasteiger partial charge is 0.317 e. The van der Waals surface area contributed by atoms with E-state index in [4.69, 9.17) is 5.26 Å². The van der Waals surface area contributed by atoms with Crippen LogP contribution in [0.1, 0.15) is 36.0 Å². The molecule has 9 heteroatoms. The molecule has 2 aromatic rings. The Kier molecular flexibility index (Phi) is 6.72. The molecule has 0 spiro atoms.